The number of benzene rings is 3. The van der Waals surface area contributed by atoms with Crippen LogP contribution in [0.3, 0.4) is 0 Å². The van der Waals surface area contributed by atoms with Gasteiger partial charge in [-0.05, 0) is 42.5 Å². The first kappa shape index (κ1) is 25.0. The van der Waals surface area contributed by atoms with Crippen LogP contribution >= 0.6 is 11.6 Å². The lowest BCUT2D eigenvalue weighted by molar-refractivity contribution is -0.137. The van der Waals surface area contributed by atoms with E-state index in [9.17, 15) is 18.0 Å². The van der Waals surface area contributed by atoms with Gasteiger partial charge in [-0.15, -0.1) is 0 Å². The highest BCUT2D eigenvalue weighted by Crippen LogP contribution is 2.36. The van der Waals surface area contributed by atoms with Crippen molar-refractivity contribution in [3.63, 3.8) is 0 Å². The van der Waals surface area contributed by atoms with Crippen LogP contribution in [0, 0.1) is 0 Å². The minimum Gasteiger partial charge on any atom is -0.457 e. The van der Waals surface area contributed by atoms with Gasteiger partial charge in [-0.3, -0.25) is 4.98 Å². The van der Waals surface area contributed by atoms with Crippen molar-refractivity contribution in [3.05, 3.63) is 77.4 Å². The molecule has 4 N–H and O–H groups in total. The number of carbonyl (C=O) groups excluding carboxylic acids is 1. The van der Waals surface area contributed by atoms with Gasteiger partial charge in [-0.25, -0.2) is 9.78 Å². The van der Waals surface area contributed by atoms with Crippen molar-refractivity contribution in [2.45, 2.75) is 6.18 Å². The molecule has 1 heterocycles. The fourth-order valence-corrected chi connectivity index (χ4v) is 3.44. The minimum absolute atomic E-state index is 0.0421. The first-order valence-corrected chi connectivity index (χ1v) is 10.9. The number of aliphatic hydroxyl groups is 1. The van der Waals surface area contributed by atoms with Crippen LogP contribution < -0.4 is 20.7 Å². The van der Waals surface area contributed by atoms with Crippen LogP contribution in [0.1, 0.15) is 5.56 Å². The molecule has 0 fully saturated rings. The molecule has 2 amide bonds. The number of fused-ring (bicyclic) bond motifs is 1. The van der Waals surface area contributed by atoms with E-state index in [4.69, 9.17) is 21.4 Å². The summed E-state index contributed by atoms with van der Waals surface area (Å²) in [6.45, 7) is 0.296. The average Bonchev–Trinajstić information content (AvgIpc) is 2.83. The molecule has 0 saturated heterocycles. The molecular formula is C24H19ClF3N5O3. The number of carbonyl (C=O) groups is 1. The Labute approximate surface area is 208 Å². The fraction of sp³-hybridized carbons (Fsp3) is 0.125. The monoisotopic (exact) mass is 517 g/mol. The van der Waals surface area contributed by atoms with E-state index in [1.54, 1.807) is 48.7 Å². The number of alkyl halides is 3. The maximum absolute atomic E-state index is 13.0. The molecule has 1 aromatic heterocycles. The molecule has 0 radical (unpaired) electrons. The molecule has 36 heavy (non-hydrogen) atoms. The standard InChI is InChI=1S/C24H19ClF3N5O3/c25-19-6-4-15(11-18(19)24(26,27)28)32-23(35)31-14-2-1-3-16(10-14)36-17-5-7-20-21(12-17)33-22(13-30-20)29-8-9-34/h1-7,10-13,34H,8-9H2,(H,29,33)(H2,31,32,35). The van der Waals surface area contributed by atoms with Crippen LogP contribution in [-0.2, 0) is 6.18 Å². The average molecular weight is 518 g/mol. The number of ether oxygens (including phenoxy) is 1. The lowest BCUT2D eigenvalue weighted by Gasteiger charge is -2.13. The molecule has 0 aliphatic heterocycles. The highest BCUT2D eigenvalue weighted by Gasteiger charge is 2.33. The first-order chi connectivity index (χ1) is 17.2. The summed E-state index contributed by atoms with van der Waals surface area (Å²) in [6.07, 6.45) is -3.09. The third-order valence-electron chi connectivity index (χ3n) is 4.79. The predicted molar refractivity (Wildman–Crippen MR) is 131 cm³/mol. The zero-order chi connectivity index (χ0) is 25.7. The molecule has 0 aliphatic rings. The Balaban J connectivity index is 1.44. The van der Waals surface area contributed by atoms with Gasteiger partial charge in [0.1, 0.15) is 17.3 Å². The molecule has 0 saturated carbocycles. The molecule has 186 valence electrons. The van der Waals surface area contributed by atoms with E-state index >= 15 is 0 Å². The van der Waals surface area contributed by atoms with Gasteiger partial charge in [0.25, 0.3) is 0 Å². The van der Waals surface area contributed by atoms with E-state index < -0.39 is 22.8 Å². The Morgan fingerprint density at radius 3 is 2.47 bits per heavy atom. The van der Waals surface area contributed by atoms with Gasteiger partial charge in [0.15, 0.2) is 0 Å². The van der Waals surface area contributed by atoms with Crippen molar-refractivity contribution < 1.29 is 27.8 Å². The zero-order valence-electron chi connectivity index (χ0n) is 18.4. The van der Waals surface area contributed by atoms with Crippen molar-refractivity contribution in [3.8, 4) is 11.5 Å². The van der Waals surface area contributed by atoms with Crippen LogP contribution in [0.5, 0.6) is 11.5 Å². The molecule has 0 bridgehead atoms. The van der Waals surface area contributed by atoms with Crippen molar-refractivity contribution >= 4 is 45.9 Å². The number of hydrogen-bond donors (Lipinski definition) is 4. The van der Waals surface area contributed by atoms with Crippen molar-refractivity contribution in [2.24, 2.45) is 0 Å². The Hall–Kier alpha value is -4.09. The van der Waals surface area contributed by atoms with Gasteiger partial charge in [0, 0.05) is 30.1 Å². The summed E-state index contributed by atoms with van der Waals surface area (Å²) in [5.41, 5.74) is 0.465. The second-order valence-corrected chi connectivity index (χ2v) is 7.86. The molecule has 8 nitrogen and oxygen atoms in total. The highest BCUT2D eigenvalue weighted by atomic mass is 35.5. The summed E-state index contributed by atoms with van der Waals surface area (Å²) in [5.74, 6) is 1.38. The number of halogens is 4. The van der Waals surface area contributed by atoms with E-state index in [2.05, 4.69) is 25.9 Å². The third kappa shape index (κ3) is 6.32. The van der Waals surface area contributed by atoms with E-state index in [0.29, 0.717) is 40.6 Å². The zero-order valence-corrected chi connectivity index (χ0v) is 19.2. The first-order valence-electron chi connectivity index (χ1n) is 10.6. The summed E-state index contributed by atoms with van der Waals surface area (Å²) in [5, 5.41) is 16.3. The maximum atomic E-state index is 13.0. The molecular weight excluding hydrogens is 499 g/mol. The predicted octanol–water partition coefficient (Wildman–Crippen LogP) is 6.14. The van der Waals surface area contributed by atoms with Crippen molar-refractivity contribution in [1.29, 1.82) is 0 Å². The quantitative estimate of drug-likeness (QED) is 0.234. The molecule has 4 aromatic rings. The Morgan fingerprint density at radius 1 is 0.972 bits per heavy atom. The van der Waals surface area contributed by atoms with Crippen LogP contribution in [-0.4, -0.2) is 34.3 Å². The van der Waals surface area contributed by atoms with E-state index in [1.807, 2.05) is 0 Å². The Kier molecular flexibility index (Phi) is 7.41. The van der Waals surface area contributed by atoms with Gasteiger partial charge in [0.05, 0.1) is 34.4 Å². The molecule has 3 aromatic carbocycles. The van der Waals surface area contributed by atoms with Gasteiger partial charge in [-0.2, -0.15) is 13.2 Å². The van der Waals surface area contributed by atoms with Gasteiger partial charge < -0.3 is 25.8 Å². The van der Waals surface area contributed by atoms with E-state index in [1.165, 1.54) is 6.07 Å². The van der Waals surface area contributed by atoms with Crippen LogP contribution in [0.25, 0.3) is 11.0 Å². The molecule has 0 atom stereocenters. The fourth-order valence-electron chi connectivity index (χ4n) is 3.21. The van der Waals surface area contributed by atoms with E-state index in [0.717, 1.165) is 12.1 Å². The highest BCUT2D eigenvalue weighted by molar-refractivity contribution is 6.31. The summed E-state index contributed by atoms with van der Waals surface area (Å²) in [4.78, 5) is 21.1. The van der Waals surface area contributed by atoms with Crippen LogP contribution in [0.4, 0.5) is 35.2 Å². The maximum Gasteiger partial charge on any atom is 0.417 e. The summed E-state index contributed by atoms with van der Waals surface area (Å²) in [7, 11) is 0. The number of urea groups is 1. The number of hydrogen-bond acceptors (Lipinski definition) is 6. The topological polar surface area (TPSA) is 108 Å². The normalized spacial score (nSPS) is 11.2. The number of aliphatic hydroxyl groups excluding tert-OH is 1. The molecule has 0 spiro atoms. The smallest absolute Gasteiger partial charge is 0.417 e. The lowest BCUT2D eigenvalue weighted by Crippen LogP contribution is -2.20. The SMILES string of the molecule is O=C(Nc1cccc(Oc2ccc3ncc(NCCO)nc3c2)c1)Nc1ccc(Cl)c(C(F)(F)F)c1. The number of nitrogens with zero attached hydrogens (tertiary/aromatic N) is 2. The van der Waals surface area contributed by atoms with Gasteiger partial charge >= 0.3 is 12.2 Å². The summed E-state index contributed by atoms with van der Waals surface area (Å²) in [6, 6.07) is 14.0. The summed E-state index contributed by atoms with van der Waals surface area (Å²) < 4.78 is 45.0. The van der Waals surface area contributed by atoms with E-state index in [-0.39, 0.29) is 12.3 Å². The molecule has 4 rings (SSSR count). The second-order valence-electron chi connectivity index (χ2n) is 7.46. The molecule has 12 heteroatoms. The van der Waals surface area contributed by atoms with Gasteiger partial charge in [-0.1, -0.05) is 17.7 Å². The number of aromatic nitrogens is 2. The Bertz CT molecular complexity index is 1400. The van der Waals surface area contributed by atoms with Gasteiger partial charge in [0.2, 0.25) is 0 Å². The number of rotatable bonds is 7. The third-order valence-corrected chi connectivity index (χ3v) is 5.12. The lowest BCUT2D eigenvalue weighted by atomic mass is 10.2. The number of anilines is 3. The number of nitrogens with one attached hydrogen (secondary N) is 3. The van der Waals surface area contributed by atoms with Crippen molar-refractivity contribution in [2.75, 3.05) is 29.1 Å². The summed E-state index contributed by atoms with van der Waals surface area (Å²) >= 11 is 5.61. The molecule has 0 unspecified atom stereocenters. The van der Waals surface area contributed by atoms with Crippen LogP contribution in [0.15, 0.2) is 66.9 Å². The Morgan fingerprint density at radius 2 is 1.72 bits per heavy atom. The largest absolute Gasteiger partial charge is 0.457 e. The van der Waals surface area contributed by atoms with Crippen LogP contribution in [0.2, 0.25) is 5.02 Å². The second kappa shape index (κ2) is 10.7. The van der Waals surface area contributed by atoms with Crippen molar-refractivity contribution in [1.82, 2.24) is 9.97 Å². The minimum atomic E-state index is -4.65. The number of amides is 2. The molecule has 0 aliphatic carbocycles.